The molecule has 0 unspecified atom stereocenters. The Morgan fingerprint density at radius 1 is 1.45 bits per heavy atom. The van der Waals surface area contributed by atoms with Crippen LogP contribution in [0.2, 0.25) is 0 Å². The maximum atomic E-state index is 13.3. The third-order valence-corrected chi connectivity index (χ3v) is 3.07. The summed E-state index contributed by atoms with van der Waals surface area (Å²) in [6.45, 7) is 0. The zero-order valence-electron chi connectivity index (χ0n) is 10.1. The van der Waals surface area contributed by atoms with E-state index in [9.17, 15) is 14.0 Å². The fourth-order valence-electron chi connectivity index (χ4n) is 1.37. The number of carbonyl (C=O) groups is 1. The Labute approximate surface area is 117 Å². The molecule has 0 aliphatic heterocycles. The van der Waals surface area contributed by atoms with Crippen molar-refractivity contribution in [3.63, 3.8) is 0 Å². The standard InChI is InChI=1S/C12H10FN3O3S/c13-7-3-1-2-4-8(7)14-11(19)6-20-12-15-9(17)5-10(18)16-12/h1-5H,6H2,(H,14,19)(H2,15,16,17,18). The number of hydrogen-bond donors (Lipinski definition) is 3. The van der Waals surface area contributed by atoms with Crippen molar-refractivity contribution in [2.24, 2.45) is 0 Å². The molecular weight excluding hydrogens is 285 g/mol. The Morgan fingerprint density at radius 3 is 2.90 bits per heavy atom. The highest BCUT2D eigenvalue weighted by Crippen LogP contribution is 2.16. The Balaban J connectivity index is 1.96. The van der Waals surface area contributed by atoms with E-state index in [2.05, 4.69) is 15.3 Å². The fraction of sp³-hybridized carbons (Fsp3) is 0.0833. The number of aromatic nitrogens is 2. The lowest BCUT2D eigenvalue weighted by Crippen LogP contribution is -2.16. The minimum Gasteiger partial charge on any atom is -0.493 e. The number of nitrogens with zero attached hydrogens (tertiary/aromatic N) is 1. The quantitative estimate of drug-likeness (QED) is 0.584. The summed E-state index contributed by atoms with van der Waals surface area (Å²) < 4.78 is 13.3. The molecule has 0 fully saturated rings. The second-order valence-electron chi connectivity index (χ2n) is 3.73. The first-order valence-corrected chi connectivity index (χ1v) is 6.50. The fourth-order valence-corrected chi connectivity index (χ4v) is 2.04. The van der Waals surface area contributed by atoms with Crippen molar-refractivity contribution in [3.8, 4) is 5.88 Å². The smallest absolute Gasteiger partial charge is 0.255 e. The van der Waals surface area contributed by atoms with Gasteiger partial charge in [-0.05, 0) is 12.1 Å². The number of aromatic amines is 1. The number of para-hydroxylation sites is 1. The Morgan fingerprint density at radius 2 is 2.20 bits per heavy atom. The number of amides is 1. The molecule has 8 heteroatoms. The number of halogens is 1. The molecule has 3 N–H and O–H groups in total. The molecule has 0 aliphatic carbocycles. The highest BCUT2D eigenvalue weighted by Gasteiger charge is 2.08. The van der Waals surface area contributed by atoms with Crippen molar-refractivity contribution in [2.75, 3.05) is 11.1 Å². The van der Waals surface area contributed by atoms with Crippen LogP contribution in [0.25, 0.3) is 0 Å². The van der Waals surface area contributed by atoms with Crippen LogP contribution in [-0.4, -0.2) is 26.7 Å². The van der Waals surface area contributed by atoms with Gasteiger partial charge in [0.2, 0.25) is 11.8 Å². The molecule has 0 bridgehead atoms. The van der Waals surface area contributed by atoms with Gasteiger partial charge in [-0.1, -0.05) is 23.9 Å². The van der Waals surface area contributed by atoms with E-state index in [0.717, 1.165) is 17.8 Å². The Bertz CT molecular complexity index is 690. The largest absolute Gasteiger partial charge is 0.493 e. The third kappa shape index (κ3) is 3.82. The number of carbonyl (C=O) groups excluding carboxylic acids is 1. The van der Waals surface area contributed by atoms with E-state index >= 15 is 0 Å². The molecule has 2 rings (SSSR count). The van der Waals surface area contributed by atoms with Crippen molar-refractivity contribution >= 4 is 23.4 Å². The molecule has 0 spiro atoms. The summed E-state index contributed by atoms with van der Waals surface area (Å²) >= 11 is 0.921. The van der Waals surface area contributed by atoms with Gasteiger partial charge in [0.05, 0.1) is 17.5 Å². The first kappa shape index (κ1) is 14.1. The lowest BCUT2D eigenvalue weighted by molar-refractivity contribution is -0.113. The topological polar surface area (TPSA) is 95.1 Å². The second-order valence-corrected chi connectivity index (χ2v) is 4.69. The van der Waals surface area contributed by atoms with Gasteiger partial charge < -0.3 is 15.4 Å². The van der Waals surface area contributed by atoms with Crippen LogP contribution < -0.4 is 10.9 Å². The zero-order chi connectivity index (χ0) is 14.5. The van der Waals surface area contributed by atoms with E-state index in [4.69, 9.17) is 5.11 Å². The van der Waals surface area contributed by atoms with E-state index in [1.54, 1.807) is 6.07 Å². The summed E-state index contributed by atoms with van der Waals surface area (Å²) in [6, 6.07) is 6.70. The minimum absolute atomic E-state index is 0.0791. The number of benzene rings is 1. The maximum Gasteiger partial charge on any atom is 0.255 e. The maximum absolute atomic E-state index is 13.3. The van der Waals surface area contributed by atoms with Gasteiger partial charge in [-0.2, -0.15) is 4.98 Å². The van der Waals surface area contributed by atoms with Gasteiger partial charge in [-0.3, -0.25) is 9.59 Å². The molecule has 20 heavy (non-hydrogen) atoms. The van der Waals surface area contributed by atoms with Crippen molar-refractivity contribution < 1.29 is 14.3 Å². The van der Waals surface area contributed by atoms with Crippen LogP contribution in [0.4, 0.5) is 10.1 Å². The molecule has 6 nitrogen and oxygen atoms in total. The highest BCUT2D eigenvalue weighted by atomic mass is 32.2. The first-order valence-electron chi connectivity index (χ1n) is 5.52. The molecule has 1 aromatic heterocycles. The summed E-state index contributed by atoms with van der Waals surface area (Å²) in [5.74, 6) is -1.49. The van der Waals surface area contributed by atoms with Gasteiger partial charge in [0, 0.05) is 0 Å². The van der Waals surface area contributed by atoms with Crippen LogP contribution in [0, 0.1) is 5.82 Å². The minimum atomic E-state index is -0.533. The lowest BCUT2D eigenvalue weighted by Gasteiger charge is -2.05. The van der Waals surface area contributed by atoms with E-state index < -0.39 is 23.2 Å². The SMILES string of the molecule is O=C(CSc1nc(O)cc(=O)[nH]1)Nc1ccccc1F. The molecule has 0 saturated carbocycles. The van der Waals surface area contributed by atoms with Gasteiger partial charge in [0.15, 0.2) is 5.16 Å². The predicted molar refractivity (Wildman–Crippen MR) is 72.3 cm³/mol. The highest BCUT2D eigenvalue weighted by molar-refractivity contribution is 7.99. The summed E-state index contributed by atoms with van der Waals surface area (Å²) in [5, 5.41) is 11.6. The van der Waals surface area contributed by atoms with Gasteiger partial charge >= 0.3 is 0 Å². The number of rotatable bonds is 4. The number of hydrogen-bond acceptors (Lipinski definition) is 5. The van der Waals surface area contributed by atoms with E-state index in [-0.39, 0.29) is 16.6 Å². The van der Waals surface area contributed by atoms with Crippen LogP contribution >= 0.6 is 11.8 Å². The number of thioether (sulfide) groups is 1. The number of H-pyrrole nitrogens is 1. The van der Waals surface area contributed by atoms with Crippen molar-refractivity contribution in [2.45, 2.75) is 5.16 Å². The molecule has 0 aliphatic rings. The van der Waals surface area contributed by atoms with E-state index in [0.29, 0.717) is 0 Å². The molecule has 1 heterocycles. The molecule has 0 atom stereocenters. The normalized spacial score (nSPS) is 10.2. The lowest BCUT2D eigenvalue weighted by atomic mass is 10.3. The van der Waals surface area contributed by atoms with Gasteiger partial charge in [0.1, 0.15) is 5.82 Å². The van der Waals surface area contributed by atoms with Crippen LogP contribution in [0.3, 0.4) is 0 Å². The molecule has 0 saturated heterocycles. The summed E-state index contributed by atoms with van der Waals surface area (Å²) in [4.78, 5) is 28.7. The summed E-state index contributed by atoms with van der Waals surface area (Å²) in [7, 11) is 0. The van der Waals surface area contributed by atoms with Crippen LogP contribution in [0.15, 0.2) is 40.3 Å². The Hall–Kier alpha value is -2.35. The molecule has 1 aromatic carbocycles. The predicted octanol–water partition coefficient (Wildman–Crippen LogP) is 1.35. The van der Waals surface area contributed by atoms with Crippen molar-refractivity contribution in [1.29, 1.82) is 0 Å². The average Bonchev–Trinajstić information content (AvgIpc) is 2.38. The van der Waals surface area contributed by atoms with Gasteiger partial charge in [-0.15, -0.1) is 0 Å². The van der Waals surface area contributed by atoms with Crippen LogP contribution in [-0.2, 0) is 4.79 Å². The van der Waals surface area contributed by atoms with Crippen molar-refractivity contribution in [3.05, 3.63) is 46.5 Å². The molecule has 2 aromatic rings. The third-order valence-electron chi connectivity index (χ3n) is 2.19. The number of nitrogens with one attached hydrogen (secondary N) is 2. The van der Waals surface area contributed by atoms with Crippen LogP contribution in [0.5, 0.6) is 5.88 Å². The molecule has 104 valence electrons. The van der Waals surface area contributed by atoms with Gasteiger partial charge in [0.25, 0.3) is 5.56 Å². The Kier molecular flexibility index (Phi) is 4.36. The molecular formula is C12H10FN3O3S. The van der Waals surface area contributed by atoms with E-state index in [1.165, 1.54) is 18.2 Å². The first-order chi connectivity index (χ1) is 9.54. The zero-order valence-corrected chi connectivity index (χ0v) is 10.9. The van der Waals surface area contributed by atoms with Crippen molar-refractivity contribution in [1.82, 2.24) is 9.97 Å². The van der Waals surface area contributed by atoms with Crippen LogP contribution in [0.1, 0.15) is 0 Å². The number of aromatic hydroxyl groups is 1. The average molecular weight is 295 g/mol. The molecule has 1 amide bonds. The van der Waals surface area contributed by atoms with E-state index in [1.807, 2.05) is 0 Å². The molecule has 0 radical (unpaired) electrons. The summed E-state index contributed by atoms with van der Waals surface area (Å²) in [5.41, 5.74) is -0.440. The number of anilines is 1. The van der Waals surface area contributed by atoms with Gasteiger partial charge in [-0.25, -0.2) is 4.39 Å². The second kappa shape index (κ2) is 6.20. The monoisotopic (exact) mass is 295 g/mol. The summed E-state index contributed by atoms with van der Waals surface area (Å²) in [6.07, 6.45) is 0.